The summed E-state index contributed by atoms with van der Waals surface area (Å²) in [6, 6.07) is 0.291. The largest absolute Gasteiger partial charge is 0.367 e. The lowest BCUT2D eigenvalue weighted by atomic mass is 9.94. The molecule has 1 unspecified atom stereocenters. The predicted molar refractivity (Wildman–Crippen MR) is 86.6 cm³/mol. The zero-order valence-electron chi connectivity index (χ0n) is 14.5. The second-order valence-corrected chi connectivity index (χ2v) is 7.25. The summed E-state index contributed by atoms with van der Waals surface area (Å²) in [4.78, 5) is 0. The molecule has 1 atom stereocenters. The molecule has 0 amide bonds. The van der Waals surface area contributed by atoms with Gasteiger partial charge in [0.25, 0.3) is 0 Å². The van der Waals surface area contributed by atoms with Crippen LogP contribution in [-0.2, 0) is 24.0 Å². The predicted octanol–water partition coefficient (Wildman–Crippen LogP) is 3.03. The summed E-state index contributed by atoms with van der Waals surface area (Å²) in [7, 11) is 0. The normalized spacial score (nSPS) is 23.7. The fraction of sp³-hybridized carbons (Fsp3) is 0.824. The van der Waals surface area contributed by atoms with Gasteiger partial charge in [0.05, 0.1) is 22.9 Å². The molecule has 0 saturated carbocycles. The van der Waals surface area contributed by atoms with Crippen molar-refractivity contribution in [1.82, 2.24) is 9.78 Å². The highest BCUT2D eigenvalue weighted by Gasteiger charge is 2.48. The lowest BCUT2D eigenvalue weighted by Crippen LogP contribution is -2.32. The Morgan fingerprint density at radius 1 is 1.24 bits per heavy atom. The van der Waals surface area contributed by atoms with E-state index in [9.17, 15) is 0 Å². The van der Waals surface area contributed by atoms with Crippen LogP contribution in [0.2, 0.25) is 0 Å². The molecule has 2 heterocycles. The van der Waals surface area contributed by atoms with Gasteiger partial charge in [0.1, 0.15) is 0 Å². The van der Waals surface area contributed by atoms with Crippen LogP contribution in [0.25, 0.3) is 0 Å². The molecule has 1 fully saturated rings. The molecule has 2 N–H and O–H groups in total. The van der Waals surface area contributed by atoms with Crippen LogP contribution < -0.4 is 5.73 Å². The zero-order valence-corrected chi connectivity index (χ0v) is 14.5. The van der Waals surface area contributed by atoms with Crippen molar-refractivity contribution < 1.29 is 4.74 Å². The van der Waals surface area contributed by atoms with E-state index in [0.29, 0.717) is 12.6 Å². The first-order valence-corrected chi connectivity index (χ1v) is 8.25. The maximum Gasteiger partial charge on any atom is 0.0858 e. The number of aromatic nitrogens is 2. The quantitative estimate of drug-likeness (QED) is 0.908. The van der Waals surface area contributed by atoms with Crippen LogP contribution in [-0.4, -0.2) is 27.5 Å². The number of hydrogen-bond donors (Lipinski definition) is 1. The van der Waals surface area contributed by atoms with Crippen LogP contribution in [0.1, 0.15) is 71.0 Å². The van der Waals surface area contributed by atoms with Gasteiger partial charge < -0.3 is 10.5 Å². The minimum Gasteiger partial charge on any atom is -0.367 e. The summed E-state index contributed by atoms with van der Waals surface area (Å²) in [6.45, 7) is 13.8. The summed E-state index contributed by atoms with van der Waals surface area (Å²) in [6.07, 6.45) is 3.88. The Morgan fingerprint density at radius 3 is 2.33 bits per heavy atom. The van der Waals surface area contributed by atoms with Crippen molar-refractivity contribution in [2.24, 2.45) is 5.73 Å². The first-order valence-electron chi connectivity index (χ1n) is 8.25. The van der Waals surface area contributed by atoms with E-state index < -0.39 is 0 Å². The van der Waals surface area contributed by atoms with Crippen molar-refractivity contribution in [3.05, 3.63) is 17.0 Å². The molecule has 120 valence electrons. The summed E-state index contributed by atoms with van der Waals surface area (Å²) in [5, 5.41) is 4.94. The van der Waals surface area contributed by atoms with Crippen LogP contribution in [0.5, 0.6) is 0 Å². The van der Waals surface area contributed by atoms with Gasteiger partial charge in [-0.1, -0.05) is 13.8 Å². The molecule has 4 heteroatoms. The topological polar surface area (TPSA) is 53.1 Å². The molecule has 0 radical (unpaired) electrons. The van der Waals surface area contributed by atoms with Crippen molar-refractivity contribution in [2.45, 2.75) is 84.5 Å². The van der Waals surface area contributed by atoms with Crippen molar-refractivity contribution in [3.63, 3.8) is 0 Å². The lowest BCUT2D eigenvalue weighted by molar-refractivity contribution is -0.0739. The van der Waals surface area contributed by atoms with E-state index in [1.165, 1.54) is 17.0 Å². The molecule has 1 aromatic heterocycles. The van der Waals surface area contributed by atoms with Crippen molar-refractivity contribution in [1.29, 1.82) is 0 Å². The summed E-state index contributed by atoms with van der Waals surface area (Å²) < 4.78 is 8.51. The number of nitrogens with two attached hydrogens (primary N) is 1. The van der Waals surface area contributed by atoms with Crippen LogP contribution in [0.15, 0.2) is 0 Å². The van der Waals surface area contributed by atoms with Gasteiger partial charge in [-0.2, -0.15) is 5.10 Å². The number of ether oxygens (including phenoxy) is 1. The summed E-state index contributed by atoms with van der Waals surface area (Å²) >= 11 is 0. The first kappa shape index (κ1) is 16.5. The van der Waals surface area contributed by atoms with E-state index in [-0.39, 0.29) is 11.2 Å². The van der Waals surface area contributed by atoms with E-state index in [2.05, 4.69) is 46.2 Å². The van der Waals surface area contributed by atoms with Crippen molar-refractivity contribution in [2.75, 3.05) is 6.54 Å². The molecule has 0 bridgehead atoms. The molecule has 0 aliphatic carbocycles. The SMILES string of the molecule is CCc1nn(C2CC(C)(C)OC2(C)C)c(CC)c1CCN. The Labute approximate surface area is 129 Å². The monoisotopic (exact) mass is 293 g/mol. The van der Waals surface area contributed by atoms with E-state index in [4.69, 9.17) is 15.6 Å². The molecule has 0 aromatic carbocycles. The molecule has 1 aliphatic heterocycles. The molecular formula is C17H31N3O. The summed E-state index contributed by atoms with van der Waals surface area (Å²) in [5.41, 5.74) is 9.44. The van der Waals surface area contributed by atoms with Gasteiger partial charge in [-0.05, 0) is 59.1 Å². The molecule has 1 saturated heterocycles. The second-order valence-electron chi connectivity index (χ2n) is 7.25. The number of aryl methyl sites for hydroxylation is 1. The van der Waals surface area contributed by atoms with Crippen LogP contribution >= 0.6 is 0 Å². The highest BCUT2D eigenvalue weighted by molar-refractivity contribution is 5.28. The maximum absolute atomic E-state index is 6.26. The minimum absolute atomic E-state index is 0.0917. The lowest BCUT2D eigenvalue weighted by Gasteiger charge is -2.28. The number of hydrogen-bond acceptors (Lipinski definition) is 3. The van der Waals surface area contributed by atoms with E-state index in [0.717, 1.165) is 25.7 Å². The minimum atomic E-state index is -0.190. The molecule has 1 aliphatic rings. The molecule has 0 spiro atoms. The van der Waals surface area contributed by atoms with Gasteiger partial charge in [-0.25, -0.2) is 0 Å². The molecule has 2 rings (SSSR count). The average Bonchev–Trinajstić information content (AvgIpc) is 2.83. The van der Waals surface area contributed by atoms with Crippen LogP contribution in [0.4, 0.5) is 0 Å². The fourth-order valence-corrected chi connectivity index (χ4v) is 3.82. The van der Waals surface area contributed by atoms with Crippen molar-refractivity contribution >= 4 is 0 Å². The third-order valence-electron chi connectivity index (χ3n) is 4.59. The molecular weight excluding hydrogens is 262 g/mol. The van der Waals surface area contributed by atoms with Crippen LogP contribution in [0.3, 0.4) is 0 Å². The van der Waals surface area contributed by atoms with Crippen molar-refractivity contribution in [3.8, 4) is 0 Å². The smallest absolute Gasteiger partial charge is 0.0858 e. The first-order chi connectivity index (χ1) is 9.75. The second kappa shape index (κ2) is 5.73. The standard InChI is InChI=1S/C17H31N3O/c1-7-13-12(9-10-18)14(8-2)20(19-13)15-11-16(3,4)21-17(15,5)6/h15H,7-11,18H2,1-6H3. The van der Waals surface area contributed by atoms with E-state index in [1.807, 2.05) is 0 Å². The van der Waals surface area contributed by atoms with Gasteiger partial charge in [-0.3, -0.25) is 4.68 Å². The maximum atomic E-state index is 6.26. The molecule has 4 nitrogen and oxygen atoms in total. The van der Waals surface area contributed by atoms with Gasteiger partial charge in [0, 0.05) is 12.1 Å². The Bertz CT molecular complexity index is 502. The summed E-state index contributed by atoms with van der Waals surface area (Å²) in [5.74, 6) is 0. The number of nitrogens with zero attached hydrogens (tertiary/aromatic N) is 2. The average molecular weight is 293 g/mol. The van der Waals surface area contributed by atoms with Gasteiger partial charge in [0.2, 0.25) is 0 Å². The van der Waals surface area contributed by atoms with Gasteiger partial charge in [-0.15, -0.1) is 0 Å². The highest BCUT2D eigenvalue weighted by Crippen LogP contribution is 2.45. The Hall–Kier alpha value is -0.870. The van der Waals surface area contributed by atoms with Gasteiger partial charge in [0.15, 0.2) is 0 Å². The Morgan fingerprint density at radius 2 is 1.90 bits per heavy atom. The zero-order chi connectivity index (χ0) is 15.8. The van der Waals surface area contributed by atoms with E-state index >= 15 is 0 Å². The third kappa shape index (κ3) is 3.02. The highest BCUT2D eigenvalue weighted by atomic mass is 16.5. The Balaban J connectivity index is 2.49. The van der Waals surface area contributed by atoms with E-state index in [1.54, 1.807) is 0 Å². The van der Waals surface area contributed by atoms with Gasteiger partial charge >= 0.3 is 0 Å². The third-order valence-corrected chi connectivity index (χ3v) is 4.59. The Kier molecular flexibility index (Phi) is 4.50. The van der Waals surface area contributed by atoms with Crippen LogP contribution in [0, 0.1) is 0 Å². The number of rotatable bonds is 5. The molecule has 1 aromatic rings. The fourth-order valence-electron chi connectivity index (χ4n) is 3.82. The molecule has 21 heavy (non-hydrogen) atoms.